The molecular formula is C21H24. The Balaban J connectivity index is 2.33. The molecule has 0 atom stereocenters. The van der Waals surface area contributed by atoms with Gasteiger partial charge in [-0.15, -0.1) is 0 Å². The van der Waals surface area contributed by atoms with Gasteiger partial charge in [-0.1, -0.05) is 63.6 Å². The molecule has 0 aliphatic carbocycles. The van der Waals surface area contributed by atoms with Crippen molar-refractivity contribution in [2.24, 2.45) is 0 Å². The molecule has 0 fully saturated rings. The molecule has 3 aromatic rings. The van der Waals surface area contributed by atoms with Gasteiger partial charge in [0.1, 0.15) is 0 Å². The van der Waals surface area contributed by atoms with Crippen LogP contribution in [0, 0.1) is 6.92 Å². The number of rotatable bonds is 3. The van der Waals surface area contributed by atoms with Crippen molar-refractivity contribution in [3.8, 4) is 0 Å². The molecule has 0 amide bonds. The van der Waals surface area contributed by atoms with E-state index in [0.717, 1.165) is 0 Å². The molecular weight excluding hydrogens is 252 g/mol. The van der Waals surface area contributed by atoms with Gasteiger partial charge in [-0.3, -0.25) is 0 Å². The predicted molar refractivity (Wildman–Crippen MR) is 94.1 cm³/mol. The van der Waals surface area contributed by atoms with Crippen molar-refractivity contribution in [2.75, 3.05) is 0 Å². The Kier molecular flexibility index (Phi) is 3.49. The summed E-state index contributed by atoms with van der Waals surface area (Å²) in [5, 5.41) is 5.49. The van der Waals surface area contributed by atoms with Crippen LogP contribution in [0.3, 0.4) is 0 Å². The summed E-state index contributed by atoms with van der Waals surface area (Å²) >= 11 is 0. The van der Waals surface area contributed by atoms with E-state index >= 15 is 0 Å². The quantitative estimate of drug-likeness (QED) is 0.487. The summed E-state index contributed by atoms with van der Waals surface area (Å²) in [5.74, 6) is 0. The highest BCUT2D eigenvalue weighted by Gasteiger charge is 2.21. The number of benzene rings is 3. The number of hydrogen-bond acceptors (Lipinski definition) is 0. The van der Waals surface area contributed by atoms with Crippen LogP contribution in [0.2, 0.25) is 0 Å². The Hall–Kier alpha value is -1.82. The van der Waals surface area contributed by atoms with E-state index in [4.69, 9.17) is 0 Å². The molecule has 0 spiro atoms. The standard InChI is InChI=1S/C21H24/c1-5-12-21(3,4)20-11-7-10-17-13-18-15(2)8-6-9-16(18)14-19(17)20/h6-11,13-14H,5,12H2,1-4H3. The number of hydrogen-bond donors (Lipinski definition) is 0. The molecule has 0 heterocycles. The highest BCUT2D eigenvalue weighted by Crippen LogP contribution is 2.36. The number of fused-ring (bicyclic) bond motifs is 2. The fourth-order valence-electron chi connectivity index (χ4n) is 3.56. The van der Waals surface area contributed by atoms with Gasteiger partial charge in [0, 0.05) is 0 Å². The van der Waals surface area contributed by atoms with Crippen LogP contribution in [0.5, 0.6) is 0 Å². The van der Waals surface area contributed by atoms with E-state index in [1.54, 1.807) is 0 Å². The molecule has 0 saturated heterocycles. The van der Waals surface area contributed by atoms with Gasteiger partial charge < -0.3 is 0 Å². The normalized spacial score (nSPS) is 12.2. The minimum Gasteiger partial charge on any atom is -0.0654 e. The van der Waals surface area contributed by atoms with Crippen LogP contribution in [0.15, 0.2) is 48.5 Å². The first kappa shape index (κ1) is 14.1. The highest BCUT2D eigenvalue weighted by molar-refractivity contribution is 6.01. The lowest BCUT2D eigenvalue weighted by Crippen LogP contribution is -2.17. The topological polar surface area (TPSA) is 0 Å². The predicted octanol–water partition coefficient (Wildman–Crippen LogP) is 6.38. The maximum absolute atomic E-state index is 2.38. The van der Waals surface area contributed by atoms with Gasteiger partial charge >= 0.3 is 0 Å². The van der Waals surface area contributed by atoms with E-state index in [1.807, 2.05) is 0 Å². The lowest BCUT2D eigenvalue weighted by molar-refractivity contribution is 0.477. The third-order valence-corrected chi connectivity index (χ3v) is 4.70. The first-order valence-corrected chi connectivity index (χ1v) is 7.95. The molecule has 0 heteroatoms. The van der Waals surface area contributed by atoms with Crippen molar-refractivity contribution < 1.29 is 0 Å². The Bertz CT molecular complexity index is 794. The molecule has 3 aromatic carbocycles. The maximum Gasteiger partial charge on any atom is -0.00975 e. The summed E-state index contributed by atoms with van der Waals surface area (Å²) in [5.41, 5.74) is 3.06. The van der Waals surface area contributed by atoms with Crippen molar-refractivity contribution >= 4 is 21.5 Å². The summed E-state index contributed by atoms with van der Waals surface area (Å²) in [6, 6.07) is 18.1. The van der Waals surface area contributed by atoms with E-state index in [9.17, 15) is 0 Å². The van der Waals surface area contributed by atoms with E-state index < -0.39 is 0 Å². The van der Waals surface area contributed by atoms with Gasteiger partial charge in [0.2, 0.25) is 0 Å². The lowest BCUT2D eigenvalue weighted by atomic mass is 9.78. The van der Waals surface area contributed by atoms with Crippen LogP contribution in [0.25, 0.3) is 21.5 Å². The van der Waals surface area contributed by atoms with Gasteiger partial charge in [-0.2, -0.15) is 0 Å². The van der Waals surface area contributed by atoms with E-state index in [-0.39, 0.29) is 5.41 Å². The average molecular weight is 276 g/mol. The fourth-order valence-corrected chi connectivity index (χ4v) is 3.56. The lowest BCUT2D eigenvalue weighted by Gasteiger charge is -2.26. The minimum atomic E-state index is 0.228. The van der Waals surface area contributed by atoms with Gasteiger partial charge in [-0.25, -0.2) is 0 Å². The van der Waals surface area contributed by atoms with Crippen molar-refractivity contribution in [2.45, 2.75) is 46.0 Å². The largest absolute Gasteiger partial charge is 0.0654 e. The molecule has 21 heavy (non-hydrogen) atoms. The summed E-state index contributed by atoms with van der Waals surface area (Å²) in [6.45, 7) is 9.20. The van der Waals surface area contributed by atoms with Crippen molar-refractivity contribution in [3.05, 3.63) is 59.7 Å². The molecule has 0 radical (unpaired) electrons. The van der Waals surface area contributed by atoms with Crippen molar-refractivity contribution in [1.29, 1.82) is 0 Å². The zero-order valence-corrected chi connectivity index (χ0v) is 13.5. The first-order chi connectivity index (χ1) is 10.0. The van der Waals surface area contributed by atoms with Crippen LogP contribution in [0.4, 0.5) is 0 Å². The summed E-state index contributed by atoms with van der Waals surface area (Å²) < 4.78 is 0. The highest BCUT2D eigenvalue weighted by atomic mass is 14.3. The third-order valence-electron chi connectivity index (χ3n) is 4.70. The Morgan fingerprint density at radius 3 is 2.19 bits per heavy atom. The zero-order valence-electron chi connectivity index (χ0n) is 13.5. The molecule has 0 nitrogen and oxygen atoms in total. The van der Waals surface area contributed by atoms with E-state index in [1.165, 1.54) is 45.5 Å². The SMILES string of the molecule is CCCC(C)(C)c1cccc2cc3c(C)cccc3cc12. The van der Waals surface area contributed by atoms with Gasteiger partial charge in [0.05, 0.1) is 0 Å². The Labute approximate surface area is 127 Å². The molecule has 0 aliphatic rings. The van der Waals surface area contributed by atoms with Crippen LogP contribution in [0.1, 0.15) is 44.7 Å². The van der Waals surface area contributed by atoms with E-state index in [0.29, 0.717) is 0 Å². The Morgan fingerprint density at radius 2 is 1.48 bits per heavy atom. The van der Waals surface area contributed by atoms with Crippen LogP contribution in [-0.4, -0.2) is 0 Å². The summed E-state index contributed by atoms with van der Waals surface area (Å²) in [6.07, 6.45) is 2.44. The van der Waals surface area contributed by atoms with Gasteiger partial charge in [-0.05, 0) is 63.6 Å². The summed E-state index contributed by atoms with van der Waals surface area (Å²) in [4.78, 5) is 0. The third kappa shape index (κ3) is 2.44. The van der Waals surface area contributed by atoms with Crippen LogP contribution in [-0.2, 0) is 5.41 Å². The molecule has 0 N–H and O–H groups in total. The molecule has 108 valence electrons. The first-order valence-electron chi connectivity index (χ1n) is 7.95. The second kappa shape index (κ2) is 5.18. The smallest absolute Gasteiger partial charge is 0.00975 e. The molecule has 0 unspecified atom stereocenters. The van der Waals surface area contributed by atoms with Crippen LogP contribution >= 0.6 is 0 Å². The molecule has 3 rings (SSSR count). The second-order valence-corrected chi connectivity index (χ2v) is 6.81. The fraction of sp³-hybridized carbons (Fsp3) is 0.333. The molecule has 0 aromatic heterocycles. The Morgan fingerprint density at radius 1 is 0.857 bits per heavy atom. The monoisotopic (exact) mass is 276 g/mol. The number of aryl methyl sites for hydroxylation is 1. The second-order valence-electron chi connectivity index (χ2n) is 6.81. The average Bonchev–Trinajstić information content (AvgIpc) is 2.45. The molecule has 0 aliphatic heterocycles. The minimum absolute atomic E-state index is 0.228. The molecule has 0 saturated carbocycles. The zero-order chi connectivity index (χ0) is 15.0. The van der Waals surface area contributed by atoms with Gasteiger partial charge in [0.25, 0.3) is 0 Å². The van der Waals surface area contributed by atoms with E-state index in [2.05, 4.69) is 76.2 Å². The maximum atomic E-state index is 2.38. The van der Waals surface area contributed by atoms with Crippen molar-refractivity contribution in [3.63, 3.8) is 0 Å². The van der Waals surface area contributed by atoms with Crippen LogP contribution < -0.4 is 0 Å². The van der Waals surface area contributed by atoms with Crippen molar-refractivity contribution in [1.82, 2.24) is 0 Å². The summed E-state index contributed by atoms with van der Waals surface area (Å²) in [7, 11) is 0. The van der Waals surface area contributed by atoms with Gasteiger partial charge in [0.15, 0.2) is 0 Å². The molecule has 0 bridgehead atoms.